The zero-order valence-corrected chi connectivity index (χ0v) is 14.6. The highest BCUT2D eigenvalue weighted by molar-refractivity contribution is 7.09. The molecule has 1 aliphatic rings. The maximum atomic E-state index is 4.80. The van der Waals surface area contributed by atoms with Gasteiger partial charge in [0.25, 0.3) is 0 Å². The van der Waals surface area contributed by atoms with E-state index in [-0.39, 0.29) is 0 Å². The number of rotatable bonds is 4. The number of thiazole rings is 1. The van der Waals surface area contributed by atoms with Crippen molar-refractivity contribution in [3.63, 3.8) is 0 Å². The van der Waals surface area contributed by atoms with Crippen LogP contribution < -0.4 is 0 Å². The van der Waals surface area contributed by atoms with Crippen LogP contribution in [-0.4, -0.2) is 38.2 Å². The van der Waals surface area contributed by atoms with E-state index in [4.69, 9.17) is 4.98 Å². The van der Waals surface area contributed by atoms with Crippen molar-refractivity contribution in [1.29, 1.82) is 0 Å². The van der Waals surface area contributed by atoms with Gasteiger partial charge in [-0.2, -0.15) is 5.10 Å². The Kier molecular flexibility index (Phi) is 4.40. The molecule has 3 heterocycles. The Morgan fingerprint density at radius 2 is 1.96 bits per heavy atom. The van der Waals surface area contributed by atoms with Gasteiger partial charge in [-0.1, -0.05) is 30.3 Å². The third-order valence-corrected chi connectivity index (χ3v) is 5.38. The summed E-state index contributed by atoms with van der Waals surface area (Å²) in [7, 11) is 0. The number of nitrogens with zero attached hydrogens (tertiary/aromatic N) is 4. The summed E-state index contributed by atoms with van der Waals surface area (Å²) in [6, 6.07) is 10.4. The minimum atomic E-state index is 0.488. The second-order valence-corrected chi connectivity index (χ2v) is 7.26. The summed E-state index contributed by atoms with van der Waals surface area (Å²) in [4.78, 5) is 11.8. The van der Waals surface area contributed by atoms with Gasteiger partial charge in [-0.3, -0.25) is 10.00 Å². The molecule has 0 spiro atoms. The second kappa shape index (κ2) is 6.83. The zero-order chi connectivity index (χ0) is 16.4. The van der Waals surface area contributed by atoms with Crippen LogP contribution in [0.25, 0.3) is 11.3 Å². The largest absolute Gasteiger partial charge is 0.297 e. The summed E-state index contributed by atoms with van der Waals surface area (Å²) in [6.45, 7) is 5.06. The first-order valence-electron chi connectivity index (χ1n) is 8.39. The standard InChI is InChI=1S/C18H21N5S/c1-13-19-18(22-21-13)15-7-9-23(10-8-15)11-17-20-16(12-24-17)14-5-3-2-4-6-14/h2-6,12,15H,7-11H2,1H3,(H,19,21,22). The number of benzene rings is 1. The van der Waals surface area contributed by atoms with Crippen molar-refractivity contribution < 1.29 is 0 Å². The van der Waals surface area contributed by atoms with E-state index in [0.29, 0.717) is 5.92 Å². The van der Waals surface area contributed by atoms with Crippen molar-refractivity contribution in [3.8, 4) is 11.3 Å². The summed E-state index contributed by atoms with van der Waals surface area (Å²) < 4.78 is 0. The van der Waals surface area contributed by atoms with Gasteiger partial charge in [0, 0.05) is 16.9 Å². The van der Waals surface area contributed by atoms with Gasteiger partial charge in [0.05, 0.1) is 12.2 Å². The first kappa shape index (κ1) is 15.5. The molecule has 3 aromatic rings. The maximum absolute atomic E-state index is 4.80. The van der Waals surface area contributed by atoms with Crippen molar-refractivity contribution in [2.45, 2.75) is 32.2 Å². The third-order valence-electron chi connectivity index (χ3n) is 4.55. The minimum absolute atomic E-state index is 0.488. The molecule has 0 unspecified atom stereocenters. The third kappa shape index (κ3) is 3.39. The van der Waals surface area contributed by atoms with Gasteiger partial charge in [-0.05, 0) is 32.9 Å². The molecule has 0 aliphatic carbocycles. The molecule has 5 nitrogen and oxygen atoms in total. The topological polar surface area (TPSA) is 57.7 Å². The lowest BCUT2D eigenvalue weighted by Crippen LogP contribution is -2.32. The van der Waals surface area contributed by atoms with Crippen LogP contribution in [0.5, 0.6) is 0 Å². The fourth-order valence-electron chi connectivity index (χ4n) is 3.21. The van der Waals surface area contributed by atoms with Crippen LogP contribution in [0.4, 0.5) is 0 Å². The van der Waals surface area contributed by atoms with E-state index in [1.54, 1.807) is 11.3 Å². The zero-order valence-electron chi connectivity index (χ0n) is 13.8. The molecular formula is C18H21N5S. The van der Waals surface area contributed by atoms with Crippen molar-refractivity contribution in [2.75, 3.05) is 13.1 Å². The average molecular weight is 339 g/mol. The Morgan fingerprint density at radius 1 is 1.17 bits per heavy atom. The smallest absolute Gasteiger partial charge is 0.153 e. The number of hydrogen-bond acceptors (Lipinski definition) is 5. The molecule has 0 atom stereocenters. The van der Waals surface area contributed by atoms with Crippen LogP contribution in [0.2, 0.25) is 0 Å². The highest BCUT2D eigenvalue weighted by atomic mass is 32.1. The summed E-state index contributed by atoms with van der Waals surface area (Å²) in [5.74, 6) is 2.37. The molecule has 0 bridgehead atoms. The Hall–Kier alpha value is -2.05. The number of nitrogens with one attached hydrogen (secondary N) is 1. The first-order chi connectivity index (χ1) is 11.8. The molecule has 0 saturated carbocycles. The molecular weight excluding hydrogens is 318 g/mol. The summed E-state index contributed by atoms with van der Waals surface area (Å²) in [6.07, 6.45) is 2.24. The van der Waals surface area contributed by atoms with Gasteiger partial charge in [0.15, 0.2) is 5.82 Å². The number of aryl methyl sites for hydroxylation is 1. The Bertz CT molecular complexity index is 787. The number of H-pyrrole nitrogens is 1. The van der Waals surface area contributed by atoms with Crippen LogP contribution in [-0.2, 0) is 6.54 Å². The number of likely N-dealkylation sites (tertiary alicyclic amines) is 1. The number of aromatic amines is 1. The Morgan fingerprint density at radius 3 is 2.67 bits per heavy atom. The van der Waals surface area contributed by atoms with E-state index < -0.39 is 0 Å². The van der Waals surface area contributed by atoms with Gasteiger partial charge in [-0.15, -0.1) is 11.3 Å². The van der Waals surface area contributed by atoms with Crippen molar-refractivity contribution in [2.24, 2.45) is 0 Å². The van der Waals surface area contributed by atoms with Crippen molar-refractivity contribution in [3.05, 3.63) is 52.4 Å². The van der Waals surface area contributed by atoms with E-state index in [1.807, 2.05) is 13.0 Å². The monoisotopic (exact) mass is 339 g/mol. The van der Waals surface area contributed by atoms with Gasteiger partial charge >= 0.3 is 0 Å². The van der Waals surface area contributed by atoms with E-state index >= 15 is 0 Å². The van der Waals surface area contributed by atoms with Crippen LogP contribution in [0.3, 0.4) is 0 Å². The lowest BCUT2D eigenvalue weighted by Gasteiger charge is -2.29. The molecule has 24 heavy (non-hydrogen) atoms. The highest BCUT2D eigenvalue weighted by Gasteiger charge is 2.24. The fourth-order valence-corrected chi connectivity index (χ4v) is 4.05. The van der Waals surface area contributed by atoms with Crippen LogP contribution in [0, 0.1) is 6.92 Å². The van der Waals surface area contributed by atoms with E-state index in [2.05, 4.69) is 49.7 Å². The molecule has 0 amide bonds. The average Bonchev–Trinajstić information content (AvgIpc) is 3.26. The second-order valence-electron chi connectivity index (χ2n) is 6.32. The number of aromatic nitrogens is 4. The van der Waals surface area contributed by atoms with Gasteiger partial charge in [-0.25, -0.2) is 9.97 Å². The van der Waals surface area contributed by atoms with Gasteiger partial charge in [0.2, 0.25) is 0 Å². The first-order valence-corrected chi connectivity index (χ1v) is 9.27. The molecule has 1 aliphatic heterocycles. The van der Waals surface area contributed by atoms with Crippen molar-refractivity contribution in [1.82, 2.24) is 25.1 Å². The predicted octanol–water partition coefficient (Wildman–Crippen LogP) is 3.62. The summed E-state index contributed by atoms with van der Waals surface area (Å²) in [5.41, 5.74) is 2.28. The predicted molar refractivity (Wildman–Crippen MR) is 95.9 cm³/mol. The maximum Gasteiger partial charge on any atom is 0.153 e. The lowest BCUT2D eigenvalue weighted by atomic mass is 9.96. The summed E-state index contributed by atoms with van der Waals surface area (Å²) in [5, 5.41) is 10.6. The molecule has 0 radical (unpaired) electrons. The van der Waals surface area contributed by atoms with Gasteiger partial charge in [0.1, 0.15) is 10.8 Å². The molecule has 124 valence electrons. The fraction of sp³-hybridized carbons (Fsp3) is 0.389. The van der Waals surface area contributed by atoms with Gasteiger partial charge < -0.3 is 0 Å². The van der Waals surface area contributed by atoms with Crippen LogP contribution in [0.15, 0.2) is 35.7 Å². The molecule has 1 N–H and O–H groups in total. The summed E-state index contributed by atoms with van der Waals surface area (Å²) >= 11 is 1.76. The molecule has 1 aromatic carbocycles. The van der Waals surface area contributed by atoms with Crippen molar-refractivity contribution >= 4 is 11.3 Å². The quantitative estimate of drug-likeness (QED) is 0.789. The minimum Gasteiger partial charge on any atom is -0.297 e. The van der Waals surface area contributed by atoms with E-state index in [9.17, 15) is 0 Å². The SMILES string of the molecule is Cc1nc(C2CCN(Cc3nc(-c4ccccc4)cs3)CC2)n[nH]1. The molecule has 4 rings (SSSR count). The molecule has 1 saturated heterocycles. The molecule has 1 fully saturated rings. The normalized spacial score (nSPS) is 16.5. The highest BCUT2D eigenvalue weighted by Crippen LogP contribution is 2.27. The van der Waals surface area contributed by atoms with Crippen LogP contribution >= 0.6 is 11.3 Å². The Balaban J connectivity index is 1.35. The number of hydrogen-bond donors (Lipinski definition) is 1. The van der Waals surface area contributed by atoms with E-state index in [0.717, 1.165) is 49.8 Å². The van der Waals surface area contributed by atoms with Crippen LogP contribution in [0.1, 0.15) is 35.4 Å². The molecule has 2 aromatic heterocycles. The number of piperidine rings is 1. The molecule has 6 heteroatoms. The Labute approximate surface area is 145 Å². The lowest BCUT2D eigenvalue weighted by molar-refractivity contribution is 0.201. The van der Waals surface area contributed by atoms with E-state index in [1.165, 1.54) is 10.6 Å².